The summed E-state index contributed by atoms with van der Waals surface area (Å²) in [4.78, 5) is 15.9. The molecule has 2 fully saturated rings. The van der Waals surface area contributed by atoms with Gasteiger partial charge in [0.15, 0.2) is 0 Å². The van der Waals surface area contributed by atoms with Crippen molar-refractivity contribution < 1.29 is 4.92 Å². The Morgan fingerprint density at radius 3 is 2.30 bits per heavy atom. The lowest BCUT2D eigenvalue weighted by Gasteiger charge is -2.17. The predicted octanol–water partition coefficient (Wildman–Crippen LogP) is 5.46. The summed E-state index contributed by atoms with van der Waals surface area (Å²) in [5.74, 6) is 1.03. The third-order valence-corrected chi connectivity index (χ3v) is 5.64. The largest absolute Gasteiger partial charge is 0.295 e. The highest BCUT2D eigenvalue weighted by molar-refractivity contribution is 5.90. The highest BCUT2D eigenvalue weighted by atomic mass is 16.6. The molecule has 0 N–H and O–H groups in total. The molecule has 0 spiro atoms. The van der Waals surface area contributed by atoms with Crippen LogP contribution in [0.2, 0.25) is 0 Å². The van der Waals surface area contributed by atoms with Crippen molar-refractivity contribution in [3.05, 3.63) is 45.6 Å². The summed E-state index contributed by atoms with van der Waals surface area (Å²) in [6.45, 7) is 0. The molecule has 1 aromatic heterocycles. The zero-order valence-electron chi connectivity index (χ0n) is 13.3. The Morgan fingerprint density at radius 2 is 1.65 bits per heavy atom. The fourth-order valence-electron chi connectivity index (χ4n) is 4.43. The van der Waals surface area contributed by atoms with E-state index in [1.807, 2.05) is 6.07 Å². The average Bonchev–Trinajstić information content (AvgIpc) is 3.26. The van der Waals surface area contributed by atoms with Gasteiger partial charge in [0.1, 0.15) is 5.52 Å². The first-order valence-electron chi connectivity index (χ1n) is 8.82. The average molecular weight is 310 g/mol. The van der Waals surface area contributed by atoms with Gasteiger partial charge < -0.3 is 0 Å². The summed E-state index contributed by atoms with van der Waals surface area (Å²) in [5.41, 5.74) is 3.15. The molecule has 0 atom stereocenters. The number of aromatic nitrogens is 1. The second-order valence-corrected chi connectivity index (χ2v) is 7.03. The Bertz CT molecular complexity index is 744. The Morgan fingerprint density at radius 1 is 1.00 bits per heavy atom. The maximum absolute atomic E-state index is 11.4. The molecule has 2 aliphatic rings. The Balaban J connectivity index is 1.93. The lowest BCUT2D eigenvalue weighted by Crippen LogP contribution is -2.04. The Hall–Kier alpha value is -1.97. The summed E-state index contributed by atoms with van der Waals surface area (Å²) in [7, 11) is 0. The lowest BCUT2D eigenvalue weighted by molar-refractivity contribution is -0.383. The van der Waals surface area contributed by atoms with Crippen LogP contribution in [-0.4, -0.2) is 9.91 Å². The number of pyridine rings is 1. The summed E-state index contributed by atoms with van der Waals surface area (Å²) in [6.07, 6.45) is 9.77. The minimum Gasteiger partial charge on any atom is -0.258 e. The number of benzene rings is 1. The molecule has 2 saturated carbocycles. The minimum absolute atomic E-state index is 0.154. The van der Waals surface area contributed by atoms with Crippen molar-refractivity contribution >= 4 is 16.6 Å². The SMILES string of the molecule is O=[N+]([O-])c1cccc2c(C3CCCC3)cc(C3CCCC3)nc12. The van der Waals surface area contributed by atoms with Crippen molar-refractivity contribution in [2.75, 3.05) is 0 Å². The van der Waals surface area contributed by atoms with Crippen LogP contribution in [0.3, 0.4) is 0 Å². The van der Waals surface area contributed by atoms with Gasteiger partial charge in [-0.05, 0) is 43.2 Å². The molecule has 4 nitrogen and oxygen atoms in total. The summed E-state index contributed by atoms with van der Waals surface area (Å²) in [5, 5.41) is 12.4. The molecular formula is C19H22N2O2. The number of nitrogens with zero attached hydrogens (tertiary/aromatic N) is 2. The smallest absolute Gasteiger partial charge is 0.258 e. The highest BCUT2D eigenvalue weighted by Crippen LogP contribution is 2.42. The number of hydrogen-bond acceptors (Lipinski definition) is 3. The van der Waals surface area contributed by atoms with Crippen LogP contribution >= 0.6 is 0 Å². The molecule has 0 bridgehead atoms. The van der Waals surface area contributed by atoms with E-state index in [1.54, 1.807) is 12.1 Å². The zero-order valence-corrected chi connectivity index (χ0v) is 13.3. The molecule has 2 aromatic rings. The van der Waals surface area contributed by atoms with Crippen molar-refractivity contribution in [1.82, 2.24) is 4.98 Å². The molecule has 0 saturated heterocycles. The molecule has 1 heterocycles. The Kier molecular flexibility index (Phi) is 3.76. The standard InChI is InChI=1S/C19H22N2O2/c22-21(23)18-11-5-10-15-16(13-6-1-2-7-13)12-17(20-19(15)18)14-8-3-4-9-14/h5,10-14H,1-4,6-9H2. The number of nitro groups is 1. The van der Waals surface area contributed by atoms with E-state index in [0.29, 0.717) is 17.4 Å². The summed E-state index contributed by atoms with van der Waals surface area (Å²) in [6, 6.07) is 7.68. The van der Waals surface area contributed by atoms with Crippen LogP contribution in [0.4, 0.5) is 5.69 Å². The minimum atomic E-state index is -0.286. The van der Waals surface area contributed by atoms with Crippen LogP contribution in [0, 0.1) is 10.1 Å². The fourth-order valence-corrected chi connectivity index (χ4v) is 4.43. The van der Waals surface area contributed by atoms with E-state index in [1.165, 1.54) is 56.9 Å². The molecule has 23 heavy (non-hydrogen) atoms. The van der Waals surface area contributed by atoms with Gasteiger partial charge in [-0.1, -0.05) is 37.8 Å². The van der Waals surface area contributed by atoms with E-state index >= 15 is 0 Å². The first kappa shape index (κ1) is 14.6. The van der Waals surface area contributed by atoms with Gasteiger partial charge in [-0.2, -0.15) is 0 Å². The predicted molar refractivity (Wildman–Crippen MR) is 90.8 cm³/mol. The van der Waals surface area contributed by atoms with Crippen molar-refractivity contribution in [3.8, 4) is 0 Å². The normalized spacial score (nSPS) is 19.7. The van der Waals surface area contributed by atoms with Crippen LogP contribution in [0.1, 0.15) is 74.5 Å². The van der Waals surface area contributed by atoms with Crippen molar-refractivity contribution in [2.24, 2.45) is 0 Å². The van der Waals surface area contributed by atoms with Gasteiger partial charge in [-0.25, -0.2) is 4.98 Å². The molecule has 4 rings (SSSR count). The molecule has 120 valence electrons. The monoisotopic (exact) mass is 310 g/mol. The number of fused-ring (bicyclic) bond motifs is 1. The number of rotatable bonds is 3. The van der Waals surface area contributed by atoms with Gasteiger partial charge in [-0.3, -0.25) is 10.1 Å². The van der Waals surface area contributed by atoms with E-state index in [2.05, 4.69) is 6.07 Å². The molecule has 0 aliphatic heterocycles. The maximum atomic E-state index is 11.4. The van der Waals surface area contributed by atoms with Gasteiger partial charge in [-0.15, -0.1) is 0 Å². The second kappa shape index (κ2) is 5.91. The topological polar surface area (TPSA) is 56.0 Å². The van der Waals surface area contributed by atoms with Gasteiger partial charge in [0.05, 0.1) is 4.92 Å². The van der Waals surface area contributed by atoms with E-state index in [4.69, 9.17) is 4.98 Å². The Labute approximate surface area is 136 Å². The molecule has 0 unspecified atom stereocenters. The first-order chi connectivity index (χ1) is 11.2. The first-order valence-corrected chi connectivity index (χ1v) is 8.82. The van der Waals surface area contributed by atoms with Crippen LogP contribution in [0.15, 0.2) is 24.3 Å². The van der Waals surface area contributed by atoms with Gasteiger partial charge in [0.2, 0.25) is 0 Å². The quantitative estimate of drug-likeness (QED) is 0.559. The molecule has 0 radical (unpaired) electrons. The maximum Gasteiger partial charge on any atom is 0.295 e. The molecule has 2 aliphatic carbocycles. The number of para-hydroxylation sites is 1. The number of nitro benzene ring substituents is 1. The lowest BCUT2D eigenvalue weighted by atomic mass is 9.90. The molecule has 0 amide bonds. The molecule has 4 heteroatoms. The van der Waals surface area contributed by atoms with Gasteiger partial charge >= 0.3 is 0 Å². The van der Waals surface area contributed by atoms with E-state index in [0.717, 1.165) is 11.1 Å². The van der Waals surface area contributed by atoms with Gasteiger partial charge in [0, 0.05) is 23.1 Å². The van der Waals surface area contributed by atoms with Crippen molar-refractivity contribution in [2.45, 2.75) is 63.2 Å². The van der Waals surface area contributed by atoms with Crippen LogP contribution in [0.25, 0.3) is 10.9 Å². The summed E-state index contributed by atoms with van der Waals surface area (Å²) < 4.78 is 0. The third-order valence-electron chi connectivity index (χ3n) is 5.64. The summed E-state index contributed by atoms with van der Waals surface area (Å²) >= 11 is 0. The third kappa shape index (κ3) is 2.60. The van der Waals surface area contributed by atoms with Crippen LogP contribution < -0.4 is 0 Å². The molecule has 1 aromatic carbocycles. The van der Waals surface area contributed by atoms with Crippen LogP contribution in [-0.2, 0) is 0 Å². The van der Waals surface area contributed by atoms with Crippen molar-refractivity contribution in [3.63, 3.8) is 0 Å². The fraction of sp³-hybridized carbons (Fsp3) is 0.526. The highest BCUT2D eigenvalue weighted by Gasteiger charge is 2.26. The zero-order chi connectivity index (χ0) is 15.8. The molecular weight excluding hydrogens is 288 g/mol. The van der Waals surface area contributed by atoms with Crippen LogP contribution in [0.5, 0.6) is 0 Å². The number of hydrogen-bond donors (Lipinski definition) is 0. The van der Waals surface area contributed by atoms with Crippen molar-refractivity contribution in [1.29, 1.82) is 0 Å². The second-order valence-electron chi connectivity index (χ2n) is 7.03. The van der Waals surface area contributed by atoms with E-state index in [-0.39, 0.29) is 10.6 Å². The van der Waals surface area contributed by atoms with E-state index < -0.39 is 0 Å². The van der Waals surface area contributed by atoms with E-state index in [9.17, 15) is 10.1 Å². The van der Waals surface area contributed by atoms with Gasteiger partial charge in [0.25, 0.3) is 5.69 Å². The number of non-ortho nitro benzene ring substituents is 1.